The fourth-order valence-electron chi connectivity index (χ4n) is 2.65. The second kappa shape index (κ2) is 2.47. The summed E-state index contributed by atoms with van der Waals surface area (Å²) in [5.74, 6) is 0. The molecule has 2 rings (SSSR count). The smallest absolute Gasteiger partial charge is 0.0860 e. The molecule has 0 spiro atoms. The first-order valence-corrected chi connectivity index (χ1v) is 4.86. The van der Waals surface area contributed by atoms with Crippen molar-refractivity contribution in [1.29, 1.82) is 5.26 Å². The topological polar surface area (TPSA) is 44.0 Å². The van der Waals surface area contributed by atoms with E-state index >= 15 is 0 Å². The average molecular weight is 165 g/mol. The third-order valence-corrected chi connectivity index (χ3v) is 3.74. The number of hydrogen-bond acceptors (Lipinski definition) is 2. The Balaban J connectivity index is 2.22. The molecule has 0 aromatic rings. The zero-order valence-electron chi connectivity index (χ0n) is 7.34. The third kappa shape index (κ3) is 0.834. The Morgan fingerprint density at radius 3 is 1.92 bits per heavy atom. The van der Waals surface area contributed by atoms with E-state index in [4.69, 9.17) is 5.26 Å². The minimum Gasteiger partial charge on any atom is -0.388 e. The highest BCUT2D eigenvalue weighted by Crippen LogP contribution is 2.54. The van der Waals surface area contributed by atoms with E-state index in [1.807, 2.05) is 0 Å². The molecule has 0 unspecified atom stereocenters. The molecule has 2 heteroatoms. The third-order valence-electron chi connectivity index (χ3n) is 3.74. The molecule has 0 radical (unpaired) electrons. The Kier molecular flexibility index (Phi) is 1.66. The van der Waals surface area contributed by atoms with E-state index in [9.17, 15) is 5.11 Å². The molecule has 66 valence electrons. The number of nitriles is 1. The molecule has 1 N–H and O–H groups in total. The summed E-state index contributed by atoms with van der Waals surface area (Å²) in [5, 5.41) is 19.2. The highest BCUT2D eigenvalue weighted by Gasteiger charge is 2.55. The maximum absolute atomic E-state index is 10.1. The molecule has 2 aliphatic carbocycles. The minimum atomic E-state index is -0.613. The molecule has 0 aliphatic heterocycles. The SMILES string of the molecule is N#CC1(C2(O)CCC2)CCCC1. The van der Waals surface area contributed by atoms with E-state index in [0.29, 0.717) is 0 Å². The van der Waals surface area contributed by atoms with Gasteiger partial charge in [-0.2, -0.15) is 5.26 Å². The summed E-state index contributed by atoms with van der Waals surface area (Å²) in [6.45, 7) is 0. The zero-order valence-corrected chi connectivity index (χ0v) is 7.34. The summed E-state index contributed by atoms with van der Waals surface area (Å²) >= 11 is 0. The van der Waals surface area contributed by atoms with Gasteiger partial charge in [-0.05, 0) is 32.1 Å². The quantitative estimate of drug-likeness (QED) is 0.645. The fourth-order valence-corrected chi connectivity index (χ4v) is 2.65. The van der Waals surface area contributed by atoms with Gasteiger partial charge in [0, 0.05) is 0 Å². The normalized spacial score (nSPS) is 30.7. The van der Waals surface area contributed by atoms with E-state index in [1.165, 1.54) is 0 Å². The van der Waals surface area contributed by atoms with Crippen LogP contribution in [0.25, 0.3) is 0 Å². The second-order valence-corrected chi connectivity index (χ2v) is 4.29. The van der Waals surface area contributed by atoms with Crippen LogP contribution < -0.4 is 0 Å². The van der Waals surface area contributed by atoms with E-state index in [1.54, 1.807) is 0 Å². The van der Waals surface area contributed by atoms with Gasteiger partial charge in [0.2, 0.25) is 0 Å². The van der Waals surface area contributed by atoms with E-state index < -0.39 is 5.60 Å². The van der Waals surface area contributed by atoms with Crippen LogP contribution in [-0.4, -0.2) is 10.7 Å². The molecular weight excluding hydrogens is 150 g/mol. The van der Waals surface area contributed by atoms with Crippen LogP contribution >= 0.6 is 0 Å². The first-order chi connectivity index (χ1) is 5.72. The summed E-state index contributed by atoms with van der Waals surface area (Å²) in [5.41, 5.74) is -0.983. The van der Waals surface area contributed by atoms with Gasteiger partial charge in [-0.15, -0.1) is 0 Å². The summed E-state index contributed by atoms with van der Waals surface area (Å²) in [6, 6.07) is 2.37. The lowest BCUT2D eigenvalue weighted by Crippen LogP contribution is -2.51. The predicted octanol–water partition coefficient (Wildman–Crippen LogP) is 1.99. The number of rotatable bonds is 1. The van der Waals surface area contributed by atoms with Gasteiger partial charge in [0.1, 0.15) is 0 Å². The first-order valence-electron chi connectivity index (χ1n) is 4.86. The molecule has 12 heavy (non-hydrogen) atoms. The van der Waals surface area contributed by atoms with Crippen molar-refractivity contribution in [3.63, 3.8) is 0 Å². The summed E-state index contributed by atoms with van der Waals surface area (Å²) in [4.78, 5) is 0. The minimum absolute atomic E-state index is 0.370. The van der Waals surface area contributed by atoms with Crippen LogP contribution in [0.15, 0.2) is 0 Å². The molecule has 2 fully saturated rings. The predicted molar refractivity (Wildman–Crippen MR) is 45.3 cm³/mol. The molecule has 2 aliphatic rings. The van der Waals surface area contributed by atoms with E-state index in [-0.39, 0.29) is 5.41 Å². The summed E-state index contributed by atoms with van der Waals surface area (Å²) < 4.78 is 0. The lowest BCUT2D eigenvalue weighted by Gasteiger charge is -2.47. The lowest BCUT2D eigenvalue weighted by atomic mass is 9.61. The maximum atomic E-state index is 10.1. The van der Waals surface area contributed by atoms with Gasteiger partial charge < -0.3 is 5.11 Å². The molecular formula is C10H15NO. The zero-order chi connectivity index (χ0) is 8.66. The second-order valence-electron chi connectivity index (χ2n) is 4.29. The summed E-state index contributed by atoms with van der Waals surface area (Å²) in [7, 11) is 0. The number of aliphatic hydroxyl groups is 1. The monoisotopic (exact) mass is 165 g/mol. The van der Waals surface area contributed by atoms with Crippen LogP contribution in [0, 0.1) is 16.7 Å². The summed E-state index contributed by atoms with van der Waals surface area (Å²) in [6.07, 6.45) is 6.87. The van der Waals surface area contributed by atoms with Crippen molar-refractivity contribution in [2.24, 2.45) is 5.41 Å². The van der Waals surface area contributed by atoms with Crippen LogP contribution in [0.4, 0.5) is 0 Å². The largest absolute Gasteiger partial charge is 0.388 e. The standard InChI is InChI=1S/C10H15NO/c11-8-9(4-1-2-5-9)10(12)6-3-7-10/h12H,1-7H2. The van der Waals surface area contributed by atoms with Gasteiger partial charge in [-0.1, -0.05) is 12.8 Å². The van der Waals surface area contributed by atoms with E-state index in [0.717, 1.165) is 44.9 Å². The van der Waals surface area contributed by atoms with Crippen LogP contribution in [0.5, 0.6) is 0 Å². The number of hydrogen-bond donors (Lipinski definition) is 1. The Labute approximate surface area is 73.2 Å². The van der Waals surface area contributed by atoms with Crippen molar-refractivity contribution in [3.8, 4) is 6.07 Å². The van der Waals surface area contributed by atoms with Crippen LogP contribution in [0.3, 0.4) is 0 Å². The van der Waals surface area contributed by atoms with Crippen molar-refractivity contribution >= 4 is 0 Å². The molecule has 0 saturated heterocycles. The van der Waals surface area contributed by atoms with Crippen LogP contribution in [-0.2, 0) is 0 Å². The van der Waals surface area contributed by atoms with Gasteiger partial charge in [-0.3, -0.25) is 0 Å². The van der Waals surface area contributed by atoms with Crippen molar-refractivity contribution < 1.29 is 5.11 Å². The molecule has 0 bridgehead atoms. The molecule has 0 aromatic heterocycles. The van der Waals surface area contributed by atoms with Crippen molar-refractivity contribution in [1.82, 2.24) is 0 Å². The van der Waals surface area contributed by atoms with Gasteiger partial charge in [0.25, 0.3) is 0 Å². The van der Waals surface area contributed by atoms with Crippen molar-refractivity contribution in [3.05, 3.63) is 0 Å². The molecule has 0 heterocycles. The van der Waals surface area contributed by atoms with Crippen molar-refractivity contribution in [2.75, 3.05) is 0 Å². The van der Waals surface area contributed by atoms with Crippen molar-refractivity contribution in [2.45, 2.75) is 50.5 Å². The maximum Gasteiger partial charge on any atom is 0.0860 e. The van der Waals surface area contributed by atoms with Crippen LogP contribution in [0.1, 0.15) is 44.9 Å². The van der Waals surface area contributed by atoms with Gasteiger partial charge in [-0.25, -0.2) is 0 Å². The van der Waals surface area contributed by atoms with E-state index in [2.05, 4.69) is 6.07 Å². The molecule has 0 atom stereocenters. The Bertz CT molecular complexity index is 218. The molecule has 0 amide bonds. The average Bonchev–Trinajstić information content (AvgIpc) is 2.49. The Hall–Kier alpha value is -0.550. The molecule has 0 aromatic carbocycles. The number of nitrogens with zero attached hydrogens (tertiary/aromatic N) is 1. The lowest BCUT2D eigenvalue weighted by molar-refractivity contribution is -0.113. The van der Waals surface area contributed by atoms with Crippen LogP contribution in [0.2, 0.25) is 0 Å². The van der Waals surface area contributed by atoms with Gasteiger partial charge in [0.05, 0.1) is 17.1 Å². The fraction of sp³-hybridized carbons (Fsp3) is 0.900. The molecule has 2 saturated carbocycles. The molecule has 2 nitrogen and oxygen atoms in total. The Morgan fingerprint density at radius 2 is 1.58 bits per heavy atom. The van der Waals surface area contributed by atoms with Gasteiger partial charge in [0.15, 0.2) is 0 Å². The highest BCUT2D eigenvalue weighted by atomic mass is 16.3. The Morgan fingerprint density at radius 1 is 1.00 bits per heavy atom. The van der Waals surface area contributed by atoms with Gasteiger partial charge >= 0.3 is 0 Å². The first kappa shape index (κ1) is 8.07. The highest BCUT2D eigenvalue weighted by molar-refractivity contribution is 5.16.